The van der Waals surface area contributed by atoms with Crippen molar-refractivity contribution in [2.75, 3.05) is 33.9 Å². The second kappa shape index (κ2) is 13.9. The first kappa shape index (κ1) is 32.7. The molecular weight excluding hydrogens is 639 g/mol. The molecule has 3 aromatic carbocycles. The molecule has 4 amide bonds. The Kier molecular flexibility index (Phi) is 9.46. The number of fused-ring (bicyclic) bond motifs is 2. The van der Waals surface area contributed by atoms with Gasteiger partial charge in [-0.2, -0.15) is 0 Å². The number of nitrogens with one attached hydrogen (secondary N) is 1. The van der Waals surface area contributed by atoms with Crippen LogP contribution in [0.3, 0.4) is 0 Å². The van der Waals surface area contributed by atoms with Gasteiger partial charge in [-0.15, -0.1) is 17.9 Å². The van der Waals surface area contributed by atoms with Gasteiger partial charge >= 0.3 is 6.03 Å². The number of thiazole rings is 1. The van der Waals surface area contributed by atoms with Gasteiger partial charge in [0.1, 0.15) is 23.8 Å². The number of amides is 4. The molecule has 12 nitrogen and oxygen atoms in total. The number of rotatable bonds is 10. The topological polar surface area (TPSA) is 128 Å². The summed E-state index contributed by atoms with van der Waals surface area (Å²) >= 11 is 1.18. The summed E-state index contributed by atoms with van der Waals surface area (Å²) in [6.07, 6.45) is 0.882. The van der Waals surface area contributed by atoms with Gasteiger partial charge < -0.3 is 29.7 Å². The third-order valence-electron chi connectivity index (χ3n) is 8.52. The molecule has 2 atom stereocenters. The van der Waals surface area contributed by atoms with Crippen LogP contribution in [-0.2, 0) is 29.1 Å². The fraction of sp³-hybridized carbons (Fsp3) is 0.294. The van der Waals surface area contributed by atoms with Crippen LogP contribution < -0.4 is 14.8 Å². The number of carbonyl (C=O) groups is 3. The number of piperazine rings is 1. The number of urea groups is 1. The predicted octanol–water partition coefficient (Wildman–Crippen LogP) is 3.89. The molecule has 4 aromatic rings. The molecule has 14 heteroatoms. The first-order valence-electron chi connectivity index (χ1n) is 15.2. The Bertz CT molecular complexity index is 1850. The molecule has 48 heavy (non-hydrogen) atoms. The van der Waals surface area contributed by atoms with Crippen molar-refractivity contribution in [3.63, 3.8) is 0 Å². The molecule has 2 fully saturated rings. The standard InChI is InChI=1S/C34H35FN6O6S/c1-4-13-39-19-30(43)40-26(14-21-5-9-24(42)10-6-21)33(44)38(17-23-8-11-25(35)32-31(23)37-20-48-32)18-29(40)41(39)34(45)36-16-22-7-12-27(46-2)28(15-22)47-3/h4-12,15,20,26,29,42H,1,13-14,16-19H2,2-3H3,(H,36,45)/t26-,29?/m0/s1. The summed E-state index contributed by atoms with van der Waals surface area (Å²) < 4.78 is 25.7. The number of aromatic nitrogens is 1. The first-order valence-corrected chi connectivity index (χ1v) is 16.1. The van der Waals surface area contributed by atoms with E-state index in [0.29, 0.717) is 27.3 Å². The van der Waals surface area contributed by atoms with Crippen molar-refractivity contribution in [1.29, 1.82) is 0 Å². The maximum absolute atomic E-state index is 14.5. The number of carbonyl (C=O) groups excluding carboxylic acids is 3. The number of ether oxygens (including phenoxy) is 2. The largest absolute Gasteiger partial charge is 0.508 e. The maximum Gasteiger partial charge on any atom is 0.334 e. The van der Waals surface area contributed by atoms with Crippen LogP contribution in [0.2, 0.25) is 0 Å². The quantitative estimate of drug-likeness (QED) is 0.243. The Morgan fingerprint density at radius 1 is 1.10 bits per heavy atom. The number of nitrogens with zero attached hydrogens (tertiary/aromatic N) is 5. The van der Waals surface area contributed by atoms with Gasteiger partial charge in [0.05, 0.1) is 43.0 Å². The molecular formula is C34H35FN6O6S. The summed E-state index contributed by atoms with van der Waals surface area (Å²) in [7, 11) is 3.07. The van der Waals surface area contributed by atoms with E-state index in [1.54, 1.807) is 58.9 Å². The maximum atomic E-state index is 14.5. The highest BCUT2D eigenvalue weighted by Gasteiger charge is 2.51. The van der Waals surface area contributed by atoms with Gasteiger partial charge in [0, 0.05) is 26.1 Å². The van der Waals surface area contributed by atoms with E-state index in [9.17, 15) is 23.9 Å². The average molecular weight is 675 g/mol. The summed E-state index contributed by atoms with van der Waals surface area (Å²) in [6, 6.07) is 13.3. The molecule has 0 aliphatic carbocycles. The van der Waals surface area contributed by atoms with Crippen LogP contribution >= 0.6 is 11.3 Å². The van der Waals surface area contributed by atoms with Gasteiger partial charge in [0.2, 0.25) is 11.8 Å². The highest BCUT2D eigenvalue weighted by atomic mass is 32.1. The SMILES string of the molecule is C=CCN1CC(=O)N2C(CN(Cc3ccc(F)c4scnc34)C(=O)[C@@H]2Cc2ccc(O)cc2)N1C(=O)NCc1ccc(OC)c(OC)c1. The van der Waals surface area contributed by atoms with E-state index in [1.807, 2.05) is 6.07 Å². The normalized spacial score (nSPS) is 18.2. The summed E-state index contributed by atoms with van der Waals surface area (Å²) in [5, 5.41) is 15.9. The lowest BCUT2D eigenvalue weighted by atomic mass is 9.98. The lowest BCUT2D eigenvalue weighted by Crippen LogP contribution is -2.76. The van der Waals surface area contributed by atoms with Crippen molar-refractivity contribution < 1.29 is 33.4 Å². The number of methoxy groups -OCH3 is 2. The molecule has 0 radical (unpaired) electrons. The number of phenolic OH excluding ortho intramolecular Hbond substituents is 1. The van der Waals surface area contributed by atoms with Gasteiger partial charge in [0.15, 0.2) is 11.5 Å². The number of hydrogen-bond acceptors (Lipinski definition) is 9. The van der Waals surface area contributed by atoms with Crippen LogP contribution in [0.4, 0.5) is 9.18 Å². The predicted molar refractivity (Wildman–Crippen MR) is 177 cm³/mol. The zero-order valence-electron chi connectivity index (χ0n) is 26.5. The summed E-state index contributed by atoms with van der Waals surface area (Å²) in [4.78, 5) is 49.6. The van der Waals surface area contributed by atoms with E-state index in [-0.39, 0.29) is 56.7 Å². The molecule has 2 aliphatic heterocycles. The molecule has 6 rings (SSSR count). The van der Waals surface area contributed by atoms with Crippen molar-refractivity contribution in [2.45, 2.75) is 31.7 Å². The Hall–Kier alpha value is -5.21. The third kappa shape index (κ3) is 6.36. The number of halogens is 1. The lowest BCUT2D eigenvalue weighted by molar-refractivity contribution is -0.189. The van der Waals surface area contributed by atoms with Crippen LogP contribution in [0.1, 0.15) is 16.7 Å². The van der Waals surface area contributed by atoms with Crippen LogP contribution in [0.25, 0.3) is 10.2 Å². The molecule has 1 aromatic heterocycles. The van der Waals surface area contributed by atoms with Crippen molar-refractivity contribution in [1.82, 2.24) is 30.1 Å². The van der Waals surface area contributed by atoms with Gasteiger partial charge in [-0.3, -0.25) is 9.59 Å². The third-order valence-corrected chi connectivity index (χ3v) is 9.35. The van der Waals surface area contributed by atoms with Gasteiger partial charge in [-0.25, -0.2) is 24.2 Å². The minimum atomic E-state index is -0.959. The minimum absolute atomic E-state index is 0.00290. The zero-order chi connectivity index (χ0) is 33.9. The van der Waals surface area contributed by atoms with Crippen LogP contribution in [0.15, 0.2) is 72.8 Å². The lowest BCUT2D eigenvalue weighted by Gasteiger charge is -2.55. The fourth-order valence-electron chi connectivity index (χ4n) is 6.25. The first-order chi connectivity index (χ1) is 23.2. The molecule has 0 spiro atoms. The average Bonchev–Trinajstić information content (AvgIpc) is 3.59. The molecule has 0 saturated carbocycles. The second-order valence-electron chi connectivity index (χ2n) is 11.5. The molecule has 2 aliphatic rings. The van der Waals surface area contributed by atoms with E-state index in [1.165, 1.54) is 46.6 Å². The molecule has 2 N–H and O–H groups in total. The highest BCUT2D eigenvalue weighted by Crippen LogP contribution is 2.32. The summed E-state index contributed by atoms with van der Waals surface area (Å²) in [5.41, 5.74) is 4.15. The Morgan fingerprint density at radius 2 is 1.85 bits per heavy atom. The zero-order valence-corrected chi connectivity index (χ0v) is 27.3. The minimum Gasteiger partial charge on any atom is -0.508 e. The van der Waals surface area contributed by atoms with E-state index >= 15 is 0 Å². The van der Waals surface area contributed by atoms with Crippen LogP contribution in [0.5, 0.6) is 17.2 Å². The Morgan fingerprint density at radius 3 is 2.58 bits per heavy atom. The van der Waals surface area contributed by atoms with E-state index in [0.717, 1.165) is 11.1 Å². The molecule has 3 heterocycles. The number of hydrazine groups is 1. The van der Waals surface area contributed by atoms with Crippen LogP contribution in [0, 0.1) is 5.82 Å². The monoisotopic (exact) mass is 674 g/mol. The van der Waals surface area contributed by atoms with E-state index in [4.69, 9.17) is 9.47 Å². The molecule has 250 valence electrons. The number of aromatic hydroxyl groups is 1. The molecule has 0 bridgehead atoms. The fourth-order valence-corrected chi connectivity index (χ4v) is 6.99. The van der Waals surface area contributed by atoms with Crippen molar-refractivity contribution in [2.24, 2.45) is 0 Å². The van der Waals surface area contributed by atoms with E-state index < -0.39 is 24.1 Å². The second-order valence-corrected chi connectivity index (χ2v) is 12.3. The van der Waals surface area contributed by atoms with E-state index in [2.05, 4.69) is 16.9 Å². The van der Waals surface area contributed by atoms with Crippen molar-refractivity contribution in [3.8, 4) is 17.2 Å². The van der Waals surface area contributed by atoms with Gasteiger partial charge in [0.25, 0.3) is 0 Å². The van der Waals surface area contributed by atoms with Gasteiger partial charge in [-0.1, -0.05) is 30.3 Å². The Labute approximate surface area is 280 Å². The van der Waals surface area contributed by atoms with Crippen molar-refractivity contribution >= 4 is 39.4 Å². The molecule has 2 saturated heterocycles. The van der Waals surface area contributed by atoms with Crippen molar-refractivity contribution in [3.05, 3.63) is 95.3 Å². The highest BCUT2D eigenvalue weighted by molar-refractivity contribution is 7.16. The summed E-state index contributed by atoms with van der Waals surface area (Å²) in [5.74, 6) is 0.115. The molecule has 1 unspecified atom stereocenters. The van der Waals surface area contributed by atoms with Gasteiger partial charge in [-0.05, 0) is 47.0 Å². The smallest absolute Gasteiger partial charge is 0.334 e. The summed E-state index contributed by atoms with van der Waals surface area (Å²) in [6.45, 7) is 4.11. The Balaban J connectivity index is 1.35. The number of hydrogen-bond donors (Lipinski definition) is 2. The number of benzene rings is 3. The number of phenols is 1. The van der Waals surface area contributed by atoms with Crippen LogP contribution in [-0.4, -0.2) is 93.8 Å².